The van der Waals surface area contributed by atoms with Crippen molar-refractivity contribution in [3.8, 4) is 11.1 Å². The molecule has 0 aliphatic carbocycles. The van der Waals surface area contributed by atoms with Gasteiger partial charge in [-0.1, -0.05) is 48.5 Å². The van der Waals surface area contributed by atoms with Crippen molar-refractivity contribution in [2.75, 3.05) is 5.32 Å². The van der Waals surface area contributed by atoms with Crippen LogP contribution in [-0.2, 0) is 0 Å². The summed E-state index contributed by atoms with van der Waals surface area (Å²) in [6.45, 7) is 0. The van der Waals surface area contributed by atoms with Crippen molar-refractivity contribution in [3.63, 3.8) is 0 Å². The maximum atomic E-state index is 4.44. The first-order valence-electron chi connectivity index (χ1n) is 6.26. The van der Waals surface area contributed by atoms with Crippen molar-refractivity contribution < 1.29 is 0 Å². The first-order chi connectivity index (χ1) is 9.43. The lowest BCUT2D eigenvalue weighted by Gasteiger charge is -2.10. The normalized spacial score (nSPS) is 10.1. The highest BCUT2D eigenvalue weighted by Gasteiger charge is 2.05. The van der Waals surface area contributed by atoms with Crippen LogP contribution in [0.4, 0.5) is 11.5 Å². The number of anilines is 2. The standard InChI is InChI=1S/C17H14N2/c1-3-8-14(9-4-1)16-12-7-13-18-17(16)19-15-10-5-2-6-11-15/h1-13H,(H,18,19). The molecule has 0 radical (unpaired) electrons. The van der Waals surface area contributed by atoms with Crippen molar-refractivity contribution in [1.29, 1.82) is 0 Å². The molecule has 0 fully saturated rings. The monoisotopic (exact) mass is 246 g/mol. The zero-order chi connectivity index (χ0) is 12.9. The molecule has 0 bridgehead atoms. The van der Waals surface area contributed by atoms with Gasteiger partial charge in [-0.15, -0.1) is 0 Å². The Morgan fingerprint density at radius 2 is 1.37 bits per heavy atom. The number of pyridine rings is 1. The second-order valence-electron chi connectivity index (χ2n) is 4.26. The molecule has 0 aliphatic rings. The van der Waals surface area contributed by atoms with Gasteiger partial charge in [-0.3, -0.25) is 0 Å². The number of hydrogen-bond acceptors (Lipinski definition) is 2. The molecule has 0 saturated heterocycles. The van der Waals surface area contributed by atoms with Crippen LogP contribution in [0.25, 0.3) is 11.1 Å². The molecule has 0 amide bonds. The van der Waals surface area contributed by atoms with Crippen LogP contribution < -0.4 is 5.32 Å². The Morgan fingerprint density at radius 3 is 2.11 bits per heavy atom. The van der Waals surface area contributed by atoms with Gasteiger partial charge in [-0.2, -0.15) is 0 Å². The van der Waals surface area contributed by atoms with E-state index in [2.05, 4.69) is 28.5 Å². The summed E-state index contributed by atoms with van der Waals surface area (Å²) in [6.07, 6.45) is 1.80. The summed E-state index contributed by atoms with van der Waals surface area (Å²) in [6, 6.07) is 24.4. The Balaban J connectivity index is 1.99. The number of nitrogens with one attached hydrogen (secondary N) is 1. The number of nitrogens with zero attached hydrogens (tertiary/aromatic N) is 1. The molecule has 1 aromatic heterocycles. The third kappa shape index (κ3) is 2.63. The summed E-state index contributed by atoms with van der Waals surface area (Å²) >= 11 is 0. The fourth-order valence-corrected chi connectivity index (χ4v) is 2.01. The average Bonchev–Trinajstić information content (AvgIpc) is 2.50. The van der Waals surface area contributed by atoms with E-state index < -0.39 is 0 Å². The maximum Gasteiger partial charge on any atom is 0.138 e. The minimum absolute atomic E-state index is 0.875. The largest absolute Gasteiger partial charge is 0.340 e. The highest BCUT2D eigenvalue weighted by Crippen LogP contribution is 2.27. The number of benzene rings is 2. The molecule has 3 aromatic rings. The molecule has 0 spiro atoms. The zero-order valence-corrected chi connectivity index (χ0v) is 10.5. The molecule has 3 rings (SSSR count). The fourth-order valence-electron chi connectivity index (χ4n) is 2.01. The lowest BCUT2D eigenvalue weighted by molar-refractivity contribution is 1.31. The predicted octanol–water partition coefficient (Wildman–Crippen LogP) is 4.49. The van der Waals surface area contributed by atoms with Gasteiger partial charge in [0.25, 0.3) is 0 Å². The van der Waals surface area contributed by atoms with E-state index in [-0.39, 0.29) is 0 Å². The van der Waals surface area contributed by atoms with Crippen molar-refractivity contribution in [2.24, 2.45) is 0 Å². The first kappa shape index (κ1) is 11.5. The van der Waals surface area contributed by atoms with Gasteiger partial charge in [0, 0.05) is 17.4 Å². The number of para-hydroxylation sites is 1. The topological polar surface area (TPSA) is 24.9 Å². The highest BCUT2D eigenvalue weighted by atomic mass is 15.0. The Kier molecular flexibility index (Phi) is 3.24. The molecular formula is C17H14N2. The third-order valence-corrected chi connectivity index (χ3v) is 2.93. The second-order valence-corrected chi connectivity index (χ2v) is 4.26. The third-order valence-electron chi connectivity index (χ3n) is 2.93. The van der Waals surface area contributed by atoms with E-state index in [0.717, 1.165) is 22.6 Å². The van der Waals surface area contributed by atoms with E-state index in [4.69, 9.17) is 0 Å². The van der Waals surface area contributed by atoms with Crippen LogP contribution in [0.1, 0.15) is 0 Å². The van der Waals surface area contributed by atoms with E-state index in [1.807, 2.05) is 54.6 Å². The van der Waals surface area contributed by atoms with Crippen LogP contribution in [0.15, 0.2) is 79.0 Å². The van der Waals surface area contributed by atoms with Gasteiger partial charge < -0.3 is 5.32 Å². The molecule has 1 N–H and O–H groups in total. The van der Waals surface area contributed by atoms with E-state index in [1.165, 1.54) is 0 Å². The van der Waals surface area contributed by atoms with Gasteiger partial charge in [0.15, 0.2) is 0 Å². The Hall–Kier alpha value is -2.61. The van der Waals surface area contributed by atoms with Crippen molar-refractivity contribution in [2.45, 2.75) is 0 Å². The molecule has 92 valence electrons. The molecule has 0 unspecified atom stereocenters. The van der Waals surface area contributed by atoms with Gasteiger partial charge in [0.05, 0.1) is 0 Å². The number of aromatic nitrogens is 1. The summed E-state index contributed by atoms with van der Waals surface area (Å²) < 4.78 is 0. The lowest BCUT2D eigenvalue weighted by atomic mass is 10.1. The van der Waals surface area contributed by atoms with E-state index in [9.17, 15) is 0 Å². The van der Waals surface area contributed by atoms with Crippen LogP contribution in [0.2, 0.25) is 0 Å². The van der Waals surface area contributed by atoms with Gasteiger partial charge >= 0.3 is 0 Å². The highest BCUT2D eigenvalue weighted by molar-refractivity contribution is 5.77. The van der Waals surface area contributed by atoms with Gasteiger partial charge in [-0.05, 0) is 29.8 Å². The van der Waals surface area contributed by atoms with Crippen LogP contribution in [0.5, 0.6) is 0 Å². The molecule has 2 aromatic carbocycles. The average molecular weight is 246 g/mol. The second kappa shape index (κ2) is 5.36. The van der Waals surface area contributed by atoms with Crippen LogP contribution in [0.3, 0.4) is 0 Å². The molecular weight excluding hydrogens is 232 g/mol. The summed E-state index contributed by atoms with van der Waals surface area (Å²) in [5, 5.41) is 3.36. The SMILES string of the molecule is c1ccc(Nc2ncccc2-c2ccccc2)cc1. The first-order valence-corrected chi connectivity index (χ1v) is 6.26. The Morgan fingerprint density at radius 1 is 0.684 bits per heavy atom. The molecule has 19 heavy (non-hydrogen) atoms. The predicted molar refractivity (Wildman–Crippen MR) is 79.4 cm³/mol. The van der Waals surface area contributed by atoms with Crippen molar-refractivity contribution in [1.82, 2.24) is 4.98 Å². The molecule has 2 nitrogen and oxygen atoms in total. The molecule has 0 aliphatic heterocycles. The van der Waals surface area contributed by atoms with Crippen molar-refractivity contribution >= 4 is 11.5 Å². The minimum Gasteiger partial charge on any atom is -0.340 e. The molecule has 1 heterocycles. The lowest BCUT2D eigenvalue weighted by Crippen LogP contribution is -1.95. The van der Waals surface area contributed by atoms with Gasteiger partial charge in [0.1, 0.15) is 5.82 Å². The van der Waals surface area contributed by atoms with E-state index in [0.29, 0.717) is 0 Å². The van der Waals surface area contributed by atoms with E-state index >= 15 is 0 Å². The van der Waals surface area contributed by atoms with Gasteiger partial charge in [-0.25, -0.2) is 4.98 Å². The maximum absolute atomic E-state index is 4.44. The van der Waals surface area contributed by atoms with Gasteiger partial charge in [0.2, 0.25) is 0 Å². The van der Waals surface area contributed by atoms with E-state index in [1.54, 1.807) is 6.20 Å². The molecule has 0 atom stereocenters. The van der Waals surface area contributed by atoms with Crippen LogP contribution in [0, 0.1) is 0 Å². The van der Waals surface area contributed by atoms with Crippen LogP contribution in [-0.4, -0.2) is 4.98 Å². The summed E-state index contributed by atoms with van der Waals surface area (Å²) in [4.78, 5) is 4.44. The fraction of sp³-hybridized carbons (Fsp3) is 0. The van der Waals surface area contributed by atoms with Crippen molar-refractivity contribution in [3.05, 3.63) is 79.0 Å². The van der Waals surface area contributed by atoms with Crippen LogP contribution >= 0.6 is 0 Å². The number of hydrogen-bond donors (Lipinski definition) is 1. The molecule has 0 saturated carbocycles. The summed E-state index contributed by atoms with van der Waals surface area (Å²) in [7, 11) is 0. The Bertz CT molecular complexity index is 648. The minimum atomic E-state index is 0.875. The Labute approximate surface area is 112 Å². The number of rotatable bonds is 3. The smallest absolute Gasteiger partial charge is 0.138 e. The molecule has 2 heteroatoms. The quantitative estimate of drug-likeness (QED) is 0.736. The zero-order valence-electron chi connectivity index (χ0n) is 10.5. The summed E-state index contributed by atoms with van der Waals surface area (Å²) in [5.74, 6) is 0.875. The summed E-state index contributed by atoms with van der Waals surface area (Å²) in [5.41, 5.74) is 3.30.